The van der Waals surface area contributed by atoms with Gasteiger partial charge in [-0.3, -0.25) is 4.68 Å². The van der Waals surface area contributed by atoms with Crippen molar-refractivity contribution in [2.75, 3.05) is 48.3 Å². The maximum atomic E-state index is 12.0. The van der Waals surface area contributed by atoms with Gasteiger partial charge in [0.15, 0.2) is 9.84 Å². The Morgan fingerprint density at radius 3 is 2.32 bits per heavy atom. The van der Waals surface area contributed by atoms with Crippen molar-refractivity contribution < 1.29 is 16.8 Å². The molecule has 1 aromatic heterocycles. The summed E-state index contributed by atoms with van der Waals surface area (Å²) in [6.45, 7) is 7.74. The lowest BCUT2D eigenvalue weighted by molar-refractivity contribution is 0.385. The molecule has 0 aliphatic carbocycles. The van der Waals surface area contributed by atoms with Gasteiger partial charge in [0, 0.05) is 26.2 Å². The minimum Gasteiger partial charge on any atom is -0.366 e. The SMILES string of the molecule is CCS(=O)(=O)N1CCN(c2c(C)nn(C3CCS(=O)(=O)C3)c2C)CC1. The number of piperazine rings is 1. The number of sulfone groups is 1. The fourth-order valence-corrected chi connectivity index (χ4v) is 6.58. The van der Waals surface area contributed by atoms with Crippen LogP contribution in [0.3, 0.4) is 0 Å². The predicted molar refractivity (Wildman–Crippen MR) is 97.3 cm³/mol. The van der Waals surface area contributed by atoms with E-state index in [1.54, 1.807) is 11.2 Å². The minimum absolute atomic E-state index is 0.0980. The van der Waals surface area contributed by atoms with E-state index in [4.69, 9.17) is 0 Å². The lowest BCUT2D eigenvalue weighted by Gasteiger charge is -2.35. The van der Waals surface area contributed by atoms with Crippen LogP contribution in [0.4, 0.5) is 5.69 Å². The molecule has 0 bridgehead atoms. The Hall–Kier alpha value is -1.13. The van der Waals surface area contributed by atoms with Crippen molar-refractivity contribution in [3.8, 4) is 0 Å². The first-order valence-corrected chi connectivity index (χ1v) is 12.1. The fraction of sp³-hybridized carbons (Fsp3) is 0.800. The van der Waals surface area contributed by atoms with Crippen molar-refractivity contribution in [3.63, 3.8) is 0 Å². The molecule has 142 valence electrons. The van der Waals surface area contributed by atoms with Gasteiger partial charge in [-0.25, -0.2) is 16.8 Å². The highest BCUT2D eigenvalue weighted by Crippen LogP contribution is 2.31. The van der Waals surface area contributed by atoms with E-state index in [1.165, 1.54) is 0 Å². The third-order valence-electron chi connectivity index (χ3n) is 5.15. The zero-order valence-corrected chi connectivity index (χ0v) is 16.6. The highest BCUT2D eigenvalue weighted by atomic mass is 32.2. The number of rotatable bonds is 4. The van der Waals surface area contributed by atoms with E-state index in [1.807, 2.05) is 18.5 Å². The van der Waals surface area contributed by atoms with Crippen LogP contribution in [0.5, 0.6) is 0 Å². The Morgan fingerprint density at radius 1 is 1.16 bits per heavy atom. The molecular weight excluding hydrogens is 364 g/mol. The third kappa shape index (κ3) is 3.56. The number of hydrogen-bond acceptors (Lipinski definition) is 6. The summed E-state index contributed by atoms with van der Waals surface area (Å²) in [5.41, 5.74) is 2.85. The van der Waals surface area contributed by atoms with Crippen LogP contribution in [0.1, 0.15) is 30.8 Å². The molecule has 2 fully saturated rings. The van der Waals surface area contributed by atoms with E-state index in [-0.39, 0.29) is 23.3 Å². The van der Waals surface area contributed by atoms with Crippen LogP contribution >= 0.6 is 0 Å². The van der Waals surface area contributed by atoms with Gasteiger partial charge in [0.1, 0.15) is 0 Å². The van der Waals surface area contributed by atoms with Crippen molar-refractivity contribution in [2.24, 2.45) is 0 Å². The summed E-state index contributed by atoms with van der Waals surface area (Å²) < 4.78 is 50.9. The Bertz CT molecular complexity index is 852. The maximum Gasteiger partial charge on any atom is 0.213 e. The quantitative estimate of drug-likeness (QED) is 0.736. The van der Waals surface area contributed by atoms with Gasteiger partial charge >= 0.3 is 0 Å². The number of anilines is 1. The average molecular weight is 391 g/mol. The lowest BCUT2D eigenvalue weighted by atomic mass is 10.2. The number of nitrogens with zero attached hydrogens (tertiary/aromatic N) is 4. The molecule has 8 nitrogen and oxygen atoms in total. The molecule has 25 heavy (non-hydrogen) atoms. The molecule has 3 heterocycles. The highest BCUT2D eigenvalue weighted by Gasteiger charge is 2.33. The van der Waals surface area contributed by atoms with Crippen molar-refractivity contribution in [3.05, 3.63) is 11.4 Å². The summed E-state index contributed by atoms with van der Waals surface area (Å²) in [6.07, 6.45) is 0.603. The van der Waals surface area contributed by atoms with Crippen LogP contribution in [-0.2, 0) is 19.9 Å². The van der Waals surface area contributed by atoms with Gasteiger partial charge in [-0.1, -0.05) is 0 Å². The number of sulfonamides is 1. The van der Waals surface area contributed by atoms with Gasteiger partial charge in [0.05, 0.1) is 40.4 Å². The summed E-state index contributed by atoms with van der Waals surface area (Å²) in [5, 5.41) is 4.60. The Labute approximate surface area is 149 Å². The molecule has 1 atom stereocenters. The van der Waals surface area contributed by atoms with Crippen molar-refractivity contribution in [2.45, 2.75) is 33.2 Å². The molecule has 0 aromatic carbocycles. The van der Waals surface area contributed by atoms with Crippen molar-refractivity contribution in [1.82, 2.24) is 14.1 Å². The molecule has 0 radical (unpaired) electrons. The molecule has 1 aromatic rings. The van der Waals surface area contributed by atoms with E-state index >= 15 is 0 Å². The Balaban J connectivity index is 1.79. The molecule has 0 amide bonds. The van der Waals surface area contributed by atoms with Gasteiger partial charge in [-0.15, -0.1) is 0 Å². The van der Waals surface area contributed by atoms with Gasteiger partial charge < -0.3 is 4.90 Å². The van der Waals surface area contributed by atoms with E-state index in [0.717, 1.165) is 17.1 Å². The summed E-state index contributed by atoms with van der Waals surface area (Å²) in [7, 11) is -6.11. The van der Waals surface area contributed by atoms with Crippen LogP contribution in [0.15, 0.2) is 0 Å². The number of hydrogen-bond donors (Lipinski definition) is 0. The molecule has 0 saturated carbocycles. The van der Waals surface area contributed by atoms with Gasteiger partial charge in [0.2, 0.25) is 10.0 Å². The smallest absolute Gasteiger partial charge is 0.213 e. The summed E-state index contributed by atoms with van der Waals surface area (Å²) in [6, 6.07) is -0.0980. The van der Waals surface area contributed by atoms with Crippen LogP contribution in [0.25, 0.3) is 0 Å². The Morgan fingerprint density at radius 2 is 1.80 bits per heavy atom. The van der Waals surface area contributed by atoms with Crippen molar-refractivity contribution in [1.29, 1.82) is 0 Å². The predicted octanol–water partition coefficient (Wildman–Crippen LogP) is 0.331. The average Bonchev–Trinajstić information content (AvgIpc) is 3.06. The zero-order chi connectivity index (χ0) is 18.4. The number of aromatic nitrogens is 2. The number of aryl methyl sites for hydroxylation is 1. The summed E-state index contributed by atoms with van der Waals surface area (Å²) in [4.78, 5) is 2.17. The normalized spacial score (nSPS) is 24.8. The van der Waals surface area contributed by atoms with E-state index in [0.29, 0.717) is 32.6 Å². The monoisotopic (exact) mass is 390 g/mol. The molecule has 3 rings (SSSR count). The van der Waals surface area contributed by atoms with Gasteiger partial charge in [-0.05, 0) is 27.2 Å². The second-order valence-corrected chi connectivity index (χ2v) is 11.3. The van der Waals surface area contributed by atoms with E-state index in [9.17, 15) is 16.8 Å². The largest absolute Gasteiger partial charge is 0.366 e. The van der Waals surface area contributed by atoms with Crippen LogP contribution in [0.2, 0.25) is 0 Å². The molecular formula is C15H26N4O4S2. The van der Waals surface area contributed by atoms with Crippen LogP contribution in [0, 0.1) is 13.8 Å². The third-order valence-corrected chi connectivity index (χ3v) is 8.79. The first-order chi connectivity index (χ1) is 11.6. The standard InChI is InChI=1S/C15H26N4O4S2/c1-4-25(22,23)18-8-6-17(7-9-18)15-12(2)16-19(13(15)3)14-5-10-24(20,21)11-14/h14H,4-11H2,1-3H3. The second kappa shape index (κ2) is 6.55. The second-order valence-electron chi connectivity index (χ2n) is 6.81. The maximum absolute atomic E-state index is 12.0. The molecule has 0 N–H and O–H groups in total. The topological polar surface area (TPSA) is 92.6 Å². The molecule has 2 saturated heterocycles. The lowest BCUT2D eigenvalue weighted by Crippen LogP contribution is -2.49. The van der Waals surface area contributed by atoms with Crippen LogP contribution < -0.4 is 4.90 Å². The Kier molecular flexibility index (Phi) is 4.89. The fourth-order valence-electron chi connectivity index (χ4n) is 3.81. The molecule has 1 unspecified atom stereocenters. The molecule has 2 aliphatic rings. The molecule has 0 spiro atoms. The van der Waals surface area contributed by atoms with Crippen molar-refractivity contribution >= 4 is 25.5 Å². The highest BCUT2D eigenvalue weighted by molar-refractivity contribution is 7.91. The zero-order valence-electron chi connectivity index (χ0n) is 15.0. The van der Waals surface area contributed by atoms with E-state index < -0.39 is 19.9 Å². The van der Waals surface area contributed by atoms with Gasteiger partial charge in [0.25, 0.3) is 0 Å². The minimum atomic E-state index is -3.15. The summed E-state index contributed by atoms with van der Waals surface area (Å²) >= 11 is 0. The van der Waals surface area contributed by atoms with Gasteiger partial charge in [-0.2, -0.15) is 9.40 Å². The molecule has 2 aliphatic heterocycles. The van der Waals surface area contributed by atoms with Crippen LogP contribution in [-0.4, -0.2) is 74.4 Å². The summed E-state index contributed by atoms with van der Waals surface area (Å²) in [5.74, 6) is 0.495. The first kappa shape index (κ1) is 18.7. The molecule has 10 heteroatoms. The first-order valence-electron chi connectivity index (χ1n) is 8.63. The van der Waals surface area contributed by atoms with E-state index in [2.05, 4.69) is 10.00 Å².